The van der Waals surface area contributed by atoms with Crippen molar-refractivity contribution in [2.75, 3.05) is 26.2 Å². The number of likely N-dealkylation sites (tertiary alicyclic amines) is 1. The number of hydrogen-bond acceptors (Lipinski definition) is 2. The lowest BCUT2D eigenvalue weighted by Crippen LogP contribution is -2.45. The van der Waals surface area contributed by atoms with E-state index in [9.17, 15) is 4.79 Å². The number of hydrogen-bond donors (Lipinski definition) is 2. The van der Waals surface area contributed by atoms with Gasteiger partial charge in [-0.15, -0.1) is 0 Å². The number of carbonyl (C=O) groups excluding carboxylic acids is 1. The maximum Gasteiger partial charge on any atom is 0.317 e. The summed E-state index contributed by atoms with van der Waals surface area (Å²) in [6.45, 7) is 6.98. The zero-order valence-corrected chi connectivity index (χ0v) is 11.1. The van der Waals surface area contributed by atoms with E-state index < -0.39 is 0 Å². The number of aliphatic hydroxyl groups is 1. The molecule has 1 fully saturated rings. The summed E-state index contributed by atoms with van der Waals surface area (Å²) < 4.78 is 0. The van der Waals surface area contributed by atoms with E-state index in [4.69, 9.17) is 5.11 Å². The maximum absolute atomic E-state index is 11.9. The van der Waals surface area contributed by atoms with Crippen molar-refractivity contribution in [3.05, 3.63) is 0 Å². The molecule has 1 aliphatic heterocycles. The molecule has 1 aliphatic rings. The highest BCUT2D eigenvalue weighted by molar-refractivity contribution is 5.74. The first-order chi connectivity index (χ1) is 8.17. The van der Waals surface area contributed by atoms with Gasteiger partial charge in [0.25, 0.3) is 0 Å². The van der Waals surface area contributed by atoms with Crippen LogP contribution in [0.1, 0.15) is 39.5 Å². The summed E-state index contributed by atoms with van der Waals surface area (Å²) in [6, 6.07) is 0.0632. The third-order valence-corrected chi connectivity index (χ3v) is 3.73. The molecule has 4 nitrogen and oxygen atoms in total. The van der Waals surface area contributed by atoms with Crippen molar-refractivity contribution < 1.29 is 9.90 Å². The standard InChI is InChI=1S/C13H26N2O2/c1-3-12(6-9-16)10-14-13(17)15-7-4-11(2)5-8-15/h11-12,16H,3-10H2,1-2H3,(H,14,17). The summed E-state index contributed by atoms with van der Waals surface area (Å²) in [4.78, 5) is 13.8. The van der Waals surface area contributed by atoms with Crippen LogP contribution in [0.4, 0.5) is 4.79 Å². The molecule has 2 N–H and O–H groups in total. The number of carbonyl (C=O) groups is 1. The molecule has 0 aromatic rings. The molecule has 1 heterocycles. The molecule has 0 bridgehead atoms. The van der Waals surface area contributed by atoms with Crippen molar-refractivity contribution >= 4 is 6.03 Å². The lowest BCUT2D eigenvalue weighted by molar-refractivity contribution is 0.170. The van der Waals surface area contributed by atoms with Crippen LogP contribution >= 0.6 is 0 Å². The van der Waals surface area contributed by atoms with Gasteiger partial charge in [-0.25, -0.2) is 4.79 Å². The van der Waals surface area contributed by atoms with E-state index in [2.05, 4.69) is 19.2 Å². The molecule has 0 radical (unpaired) electrons. The van der Waals surface area contributed by atoms with Gasteiger partial charge < -0.3 is 15.3 Å². The molecule has 100 valence electrons. The molecule has 4 heteroatoms. The Morgan fingerprint density at radius 3 is 2.65 bits per heavy atom. The van der Waals surface area contributed by atoms with Crippen molar-refractivity contribution in [2.24, 2.45) is 11.8 Å². The smallest absolute Gasteiger partial charge is 0.317 e. The SMILES string of the molecule is CCC(CCO)CNC(=O)N1CCC(C)CC1. The first-order valence-corrected chi connectivity index (χ1v) is 6.81. The molecule has 17 heavy (non-hydrogen) atoms. The Balaban J connectivity index is 2.24. The van der Waals surface area contributed by atoms with Crippen LogP contribution in [0.3, 0.4) is 0 Å². The molecule has 1 rings (SSSR count). The van der Waals surface area contributed by atoms with Crippen molar-refractivity contribution in [3.8, 4) is 0 Å². The highest BCUT2D eigenvalue weighted by Gasteiger charge is 2.20. The van der Waals surface area contributed by atoms with Crippen molar-refractivity contribution in [2.45, 2.75) is 39.5 Å². The number of urea groups is 1. The summed E-state index contributed by atoms with van der Waals surface area (Å²) in [5, 5.41) is 11.9. The third-order valence-electron chi connectivity index (χ3n) is 3.73. The van der Waals surface area contributed by atoms with Gasteiger partial charge in [-0.05, 0) is 31.1 Å². The minimum Gasteiger partial charge on any atom is -0.396 e. The van der Waals surface area contributed by atoms with E-state index in [0.29, 0.717) is 12.5 Å². The Kier molecular flexibility index (Phi) is 6.34. The Bertz CT molecular complexity index is 225. The van der Waals surface area contributed by atoms with E-state index in [1.165, 1.54) is 0 Å². The van der Waals surface area contributed by atoms with Crippen LogP contribution in [0.15, 0.2) is 0 Å². The number of aliphatic hydroxyl groups excluding tert-OH is 1. The summed E-state index contributed by atoms with van der Waals surface area (Å²) >= 11 is 0. The van der Waals surface area contributed by atoms with E-state index >= 15 is 0 Å². The summed E-state index contributed by atoms with van der Waals surface area (Å²) in [6.07, 6.45) is 3.99. The van der Waals surface area contributed by atoms with Gasteiger partial charge in [0, 0.05) is 26.2 Å². The Labute approximate surface area is 104 Å². The molecule has 0 aromatic heterocycles. The molecule has 1 unspecified atom stereocenters. The number of nitrogens with zero attached hydrogens (tertiary/aromatic N) is 1. The van der Waals surface area contributed by atoms with Crippen molar-refractivity contribution in [1.29, 1.82) is 0 Å². The largest absolute Gasteiger partial charge is 0.396 e. The molecule has 1 atom stereocenters. The second-order valence-electron chi connectivity index (χ2n) is 5.14. The molecule has 0 aliphatic carbocycles. The van der Waals surface area contributed by atoms with E-state index in [1.54, 1.807) is 0 Å². The van der Waals surface area contributed by atoms with Gasteiger partial charge in [-0.1, -0.05) is 20.3 Å². The Hall–Kier alpha value is -0.770. The van der Waals surface area contributed by atoms with E-state index in [0.717, 1.165) is 44.7 Å². The van der Waals surface area contributed by atoms with Crippen LogP contribution in [0.5, 0.6) is 0 Å². The normalized spacial score (nSPS) is 19.1. The topological polar surface area (TPSA) is 52.6 Å². The van der Waals surface area contributed by atoms with Crippen LogP contribution in [0, 0.1) is 11.8 Å². The zero-order chi connectivity index (χ0) is 12.7. The van der Waals surface area contributed by atoms with Crippen LogP contribution in [-0.4, -0.2) is 42.3 Å². The highest BCUT2D eigenvalue weighted by Crippen LogP contribution is 2.16. The van der Waals surface area contributed by atoms with Crippen molar-refractivity contribution in [1.82, 2.24) is 10.2 Å². The summed E-state index contributed by atoms with van der Waals surface area (Å²) in [5.41, 5.74) is 0. The molecule has 0 saturated carbocycles. The Morgan fingerprint density at radius 1 is 1.47 bits per heavy atom. The lowest BCUT2D eigenvalue weighted by atomic mass is 9.99. The van der Waals surface area contributed by atoms with E-state index in [-0.39, 0.29) is 12.6 Å². The zero-order valence-electron chi connectivity index (χ0n) is 11.1. The minimum absolute atomic E-state index is 0.0632. The third kappa shape index (κ3) is 4.94. The van der Waals surface area contributed by atoms with Gasteiger partial charge in [0.05, 0.1) is 0 Å². The van der Waals surface area contributed by atoms with Crippen LogP contribution in [-0.2, 0) is 0 Å². The predicted molar refractivity (Wildman–Crippen MR) is 68.9 cm³/mol. The van der Waals surface area contributed by atoms with E-state index in [1.807, 2.05) is 4.90 Å². The second-order valence-corrected chi connectivity index (χ2v) is 5.14. The fourth-order valence-corrected chi connectivity index (χ4v) is 2.19. The fraction of sp³-hybridized carbons (Fsp3) is 0.923. The maximum atomic E-state index is 11.9. The van der Waals surface area contributed by atoms with Gasteiger partial charge in [0.1, 0.15) is 0 Å². The molecular weight excluding hydrogens is 216 g/mol. The molecule has 1 saturated heterocycles. The predicted octanol–water partition coefficient (Wildman–Crippen LogP) is 1.84. The Morgan fingerprint density at radius 2 is 2.12 bits per heavy atom. The van der Waals surface area contributed by atoms with Gasteiger partial charge in [-0.3, -0.25) is 0 Å². The number of piperidine rings is 1. The number of amides is 2. The first kappa shape index (κ1) is 14.3. The van der Waals surface area contributed by atoms with Crippen LogP contribution < -0.4 is 5.32 Å². The fourth-order valence-electron chi connectivity index (χ4n) is 2.19. The van der Waals surface area contributed by atoms with Gasteiger partial charge >= 0.3 is 6.03 Å². The number of rotatable bonds is 5. The first-order valence-electron chi connectivity index (χ1n) is 6.81. The monoisotopic (exact) mass is 242 g/mol. The average Bonchev–Trinajstić information content (AvgIpc) is 2.35. The minimum atomic E-state index is 0.0632. The van der Waals surface area contributed by atoms with Crippen LogP contribution in [0.2, 0.25) is 0 Å². The number of nitrogens with one attached hydrogen (secondary N) is 1. The highest BCUT2D eigenvalue weighted by atomic mass is 16.3. The van der Waals surface area contributed by atoms with Gasteiger partial charge in [0.2, 0.25) is 0 Å². The molecule has 2 amide bonds. The molecule has 0 spiro atoms. The molecular formula is C13H26N2O2. The molecule has 0 aromatic carbocycles. The van der Waals surface area contributed by atoms with Crippen molar-refractivity contribution in [3.63, 3.8) is 0 Å². The lowest BCUT2D eigenvalue weighted by Gasteiger charge is -2.30. The van der Waals surface area contributed by atoms with Crippen LogP contribution in [0.25, 0.3) is 0 Å². The quantitative estimate of drug-likeness (QED) is 0.773. The van der Waals surface area contributed by atoms with Gasteiger partial charge in [0.15, 0.2) is 0 Å². The van der Waals surface area contributed by atoms with Gasteiger partial charge in [-0.2, -0.15) is 0 Å². The summed E-state index contributed by atoms with van der Waals surface area (Å²) in [5.74, 6) is 1.14. The average molecular weight is 242 g/mol. The summed E-state index contributed by atoms with van der Waals surface area (Å²) in [7, 11) is 0. The second kappa shape index (κ2) is 7.54.